The minimum absolute atomic E-state index is 0.0644. The van der Waals surface area contributed by atoms with Gasteiger partial charge in [0.2, 0.25) is 0 Å². The lowest BCUT2D eigenvalue weighted by molar-refractivity contribution is -0.119. The molecular weight excluding hydrogens is 505 g/mol. The molecule has 6 nitrogen and oxygen atoms in total. The van der Waals surface area contributed by atoms with Gasteiger partial charge in [-0.25, -0.2) is 13.8 Å². The average Bonchev–Trinajstić information content (AvgIpc) is 2.75. The van der Waals surface area contributed by atoms with Gasteiger partial charge in [0.05, 0.1) is 26.8 Å². The zero-order valence-electron chi connectivity index (χ0n) is 17.7. The highest BCUT2D eigenvalue weighted by atomic mass is 35.5. The topological polar surface area (TPSA) is 78.8 Å². The summed E-state index contributed by atoms with van der Waals surface area (Å²) in [4.78, 5) is 12.7. The minimum atomic E-state index is -4.04. The Morgan fingerprint density at radius 3 is 2.30 bits per heavy atom. The lowest BCUT2D eigenvalue weighted by Gasteiger charge is -2.25. The summed E-state index contributed by atoms with van der Waals surface area (Å²) in [7, 11) is -4.04. The first-order valence-corrected chi connectivity index (χ1v) is 12.3. The molecule has 0 aromatic heterocycles. The normalized spacial score (nSPS) is 11.5. The maximum atomic E-state index is 13.4. The summed E-state index contributed by atoms with van der Waals surface area (Å²) in [6.45, 7) is 3.09. The fraction of sp³-hybridized carbons (Fsp3) is 0.130. The van der Waals surface area contributed by atoms with Crippen LogP contribution in [0.5, 0.6) is 0 Å². The van der Waals surface area contributed by atoms with E-state index < -0.39 is 22.5 Å². The first kappa shape index (κ1) is 25.1. The number of nitrogens with one attached hydrogen (secondary N) is 1. The van der Waals surface area contributed by atoms with Gasteiger partial charge in [-0.15, -0.1) is 0 Å². The molecule has 0 aliphatic rings. The highest BCUT2D eigenvalue weighted by molar-refractivity contribution is 7.92. The number of anilines is 1. The van der Waals surface area contributed by atoms with Gasteiger partial charge in [0.25, 0.3) is 15.9 Å². The first-order chi connectivity index (χ1) is 15.6. The van der Waals surface area contributed by atoms with E-state index in [0.29, 0.717) is 31.9 Å². The van der Waals surface area contributed by atoms with Crippen LogP contribution in [0.1, 0.15) is 16.7 Å². The van der Waals surface area contributed by atoms with Crippen molar-refractivity contribution in [2.75, 3.05) is 10.8 Å². The summed E-state index contributed by atoms with van der Waals surface area (Å²) in [6, 6.07) is 16.0. The van der Waals surface area contributed by atoms with E-state index in [2.05, 4.69) is 10.5 Å². The second-order valence-electron chi connectivity index (χ2n) is 7.22. The van der Waals surface area contributed by atoms with Crippen molar-refractivity contribution in [3.63, 3.8) is 0 Å². The van der Waals surface area contributed by atoms with E-state index in [4.69, 9.17) is 34.8 Å². The maximum Gasteiger partial charge on any atom is 0.264 e. The van der Waals surface area contributed by atoms with Gasteiger partial charge in [0, 0.05) is 5.02 Å². The number of aryl methyl sites for hydroxylation is 2. The number of carbonyl (C=O) groups excluding carboxylic acids is 1. The van der Waals surface area contributed by atoms with Gasteiger partial charge in [-0.1, -0.05) is 58.6 Å². The Labute approximate surface area is 207 Å². The van der Waals surface area contributed by atoms with Crippen LogP contribution in [-0.4, -0.2) is 27.1 Å². The number of hydrogen-bond acceptors (Lipinski definition) is 4. The maximum absolute atomic E-state index is 13.4. The Morgan fingerprint density at radius 1 is 0.970 bits per heavy atom. The molecule has 0 fully saturated rings. The molecule has 0 radical (unpaired) electrons. The van der Waals surface area contributed by atoms with Crippen molar-refractivity contribution >= 4 is 62.6 Å². The van der Waals surface area contributed by atoms with Gasteiger partial charge in [0.1, 0.15) is 6.54 Å². The molecule has 0 bridgehead atoms. The van der Waals surface area contributed by atoms with Crippen LogP contribution in [0.4, 0.5) is 5.69 Å². The lowest BCUT2D eigenvalue weighted by Crippen LogP contribution is -2.40. The number of hydrazone groups is 1. The summed E-state index contributed by atoms with van der Waals surface area (Å²) in [6.07, 6.45) is 1.38. The van der Waals surface area contributed by atoms with Crippen molar-refractivity contribution < 1.29 is 13.2 Å². The summed E-state index contributed by atoms with van der Waals surface area (Å²) in [5, 5.41) is 5.10. The molecule has 0 aliphatic heterocycles. The number of benzene rings is 3. The zero-order chi connectivity index (χ0) is 24.2. The molecule has 1 N–H and O–H groups in total. The Hall–Kier alpha value is -2.58. The van der Waals surface area contributed by atoms with Crippen LogP contribution in [0.15, 0.2) is 70.7 Å². The smallest absolute Gasteiger partial charge is 0.264 e. The van der Waals surface area contributed by atoms with Crippen molar-refractivity contribution in [2.45, 2.75) is 18.7 Å². The predicted octanol–water partition coefficient (Wildman–Crippen LogP) is 5.61. The Balaban J connectivity index is 1.87. The van der Waals surface area contributed by atoms with Gasteiger partial charge < -0.3 is 0 Å². The van der Waals surface area contributed by atoms with Crippen molar-refractivity contribution in [1.82, 2.24) is 5.43 Å². The molecule has 10 heteroatoms. The highest BCUT2D eigenvalue weighted by Gasteiger charge is 2.28. The van der Waals surface area contributed by atoms with Crippen molar-refractivity contribution in [1.29, 1.82) is 0 Å². The number of sulfonamides is 1. The van der Waals surface area contributed by atoms with E-state index in [9.17, 15) is 13.2 Å². The van der Waals surface area contributed by atoms with Gasteiger partial charge in [-0.2, -0.15) is 5.10 Å². The van der Waals surface area contributed by atoms with Gasteiger partial charge in [-0.3, -0.25) is 9.10 Å². The van der Waals surface area contributed by atoms with Crippen LogP contribution in [0, 0.1) is 13.8 Å². The molecule has 3 rings (SSSR count). The first-order valence-electron chi connectivity index (χ1n) is 9.70. The standard InChI is InChI=1S/C23H20Cl3N3O3S/c1-15-3-7-19(8-4-15)33(31,32)29(22-10-6-18(24)11-16(22)2)14-23(30)28-27-13-17-5-9-20(25)21(26)12-17/h3-13H,14H2,1-2H3,(H,28,30)/b27-13-. The predicted molar refractivity (Wildman–Crippen MR) is 134 cm³/mol. The molecule has 3 aromatic carbocycles. The number of rotatable bonds is 7. The van der Waals surface area contributed by atoms with Crippen molar-refractivity contribution in [3.8, 4) is 0 Å². The molecule has 0 spiro atoms. The molecule has 3 aromatic rings. The third-order valence-electron chi connectivity index (χ3n) is 4.67. The third kappa shape index (κ3) is 6.26. The van der Waals surface area contributed by atoms with Crippen molar-refractivity contribution in [2.24, 2.45) is 5.10 Å². The molecule has 0 aliphatic carbocycles. The molecule has 172 valence electrons. The molecule has 0 unspecified atom stereocenters. The van der Waals surface area contributed by atoms with Gasteiger partial charge in [0.15, 0.2) is 0 Å². The fourth-order valence-electron chi connectivity index (χ4n) is 2.97. The van der Waals surface area contributed by atoms with Crippen LogP contribution < -0.4 is 9.73 Å². The minimum Gasteiger partial charge on any atom is -0.271 e. The summed E-state index contributed by atoms with van der Waals surface area (Å²) in [5.41, 5.74) is 4.82. The van der Waals surface area contributed by atoms with E-state index in [1.54, 1.807) is 55.5 Å². The molecule has 0 heterocycles. The van der Waals surface area contributed by atoms with E-state index >= 15 is 0 Å². The van der Waals surface area contributed by atoms with E-state index in [0.717, 1.165) is 9.87 Å². The monoisotopic (exact) mass is 523 g/mol. The van der Waals surface area contributed by atoms with Crippen molar-refractivity contribution in [3.05, 3.63) is 92.4 Å². The Kier molecular flexibility index (Phi) is 8.02. The number of hydrogen-bond donors (Lipinski definition) is 1. The molecule has 33 heavy (non-hydrogen) atoms. The SMILES string of the molecule is Cc1ccc(S(=O)(=O)N(CC(=O)N/N=C\c2ccc(Cl)c(Cl)c2)c2ccc(Cl)cc2C)cc1. The fourth-order valence-corrected chi connectivity index (χ4v) is 4.99. The second-order valence-corrected chi connectivity index (χ2v) is 10.3. The van der Waals surface area contributed by atoms with Crippen LogP contribution in [-0.2, 0) is 14.8 Å². The quantitative estimate of drug-likeness (QED) is 0.322. The van der Waals surface area contributed by atoms with Crippen LogP contribution in [0.2, 0.25) is 15.1 Å². The Morgan fingerprint density at radius 2 is 1.67 bits per heavy atom. The largest absolute Gasteiger partial charge is 0.271 e. The molecule has 0 saturated carbocycles. The third-order valence-corrected chi connectivity index (χ3v) is 7.42. The Bertz CT molecular complexity index is 1310. The summed E-state index contributed by atoms with van der Waals surface area (Å²) >= 11 is 17.9. The number of nitrogens with zero attached hydrogens (tertiary/aromatic N) is 2. The molecule has 1 amide bonds. The highest BCUT2D eigenvalue weighted by Crippen LogP contribution is 2.29. The lowest BCUT2D eigenvalue weighted by atomic mass is 10.2. The van der Waals surface area contributed by atoms with Gasteiger partial charge in [-0.05, 0) is 67.4 Å². The summed E-state index contributed by atoms with van der Waals surface area (Å²) in [5.74, 6) is -0.628. The van der Waals surface area contributed by atoms with Crippen LogP contribution in [0.25, 0.3) is 0 Å². The number of carbonyl (C=O) groups is 1. The second kappa shape index (κ2) is 10.6. The molecular formula is C23H20Cl3N3O3S. The van der Waals surface area contributed by atoms with E-state index in [1.807, 2.05) is 6.92 Å². The van der Waals surface area contributed by atoms with E-state index in [1.165, 1.54) is 18.3 Å². The molecule has 0 saturated heterocycles. The zero-order valence-corrected chi connectivity index (χ0v) is 20.8. The number of amides is 1. The summed E-state index contributed by atoms with van der Waals surface area (Å²) < 4.78 is 27.9. The molecule has 0 atom stereocenters. The number of halogens is 3. The van der Waals surface area contributed by atoms with Gasteiger partial charge >= 0.3 is 0 Å². The van der Waals surface area contributed by atoms with Crippen LogP contribution >= 0.6 is 34.8 Å². The average molecular weight is 525 g/mol. The van der Waals surface area contributed by atoms with Crippen LogP contribution in [0.3, 0.4) is 0 Å². The van der Waals surface area contributed by atoms with E-state index in [-0.39, 0.29) is 4.90 Å².